The molecule has 0 spiro atoms. The predicted molar refractivity (Wildman–Crippen MR) is 279 cm³/mol. The van der Waals surface area contributed by atoms with Crippen LogP contribution in [-0.2, 0) is 0 Å². The summed E-state index contributed by atoms with van der Waals surface area (Å²) in [6.07, 6.45) is 0. The molecule has 14 rings (SSSR count). The highest BCUT2D eigenvalue weighted by atomic mass is 15.0. The Morgan fingerprint density at radius 1 is 0.309 bits per heavy atom. The number of para-hydroxylation sites is 6. The molecule has 0 saturated carbocycles. The Kier molecular flexibility index (Phi) is 8.01. The first-order chi connectivity index (χ1) is 33.7. The van der Waals surface area contributed by atoms with Crippen LogP contribution in [0.3, 0.4) is 0 Å². The Morgan fingerprint density at radius 3 is 1.16 bits per heavy atom. The summed E-state index contributed by atoms with van der Waals surface area (Å²) in [6, 6.07) is 81.6. The average molecular weight is 865 g/mol. The van der Waals surface area contributed by atoms with Crippen molar-refractivity contribution in [2.75, 3.05) is 0 Å². The van der Waals surface area contributed by atoms with Gasteiger partial charge in [-0.25, -0.2) is 0 Å². The van der Waals surface area contributed by atoms with E-state index in [2.05, 4.69) is 225 Å². The maximum Gasteiger partial charge on any atom is 0.104 e. The summed E-state index contributed by atoms with van der Waals surface area (Å²) in [7, 11) is 0. The van der Waals surface area contributed by atoms with E-state index in [-0.39, 0.29) is 0 Å². The number of benzene rings is 10. The Labute approximate surface area is 389 Å². The van der Waals surface area contributed by atoms with Crippen LogP contribution in [0.15, 0.2) is 218 Å². The maximum atomic E-state index is 12.0. The van der Waals surface area contributed by atoms with E-state index in [4.69, 9.17) is 0 Å². The van der Waals surface area contributed by atoms with Crippen LogP contribution >= 0.6 is 0 Å². The highest BCUT2D eigenvalue weighted by molar-refractivity contribution is 6.28. The Bertz CT molecular complexity index is 4260. The molecule has 4 aromatic heterocycles. The van der Waals surface area contributed by atoms with Crippen LogP contribution in [0.4, 0.5) is 0 Å². The number of fused-ring (bicyclic) bond motifs is 14. The van der Waals surface area contributed by atoms with Crippen molar-refractivity contribution >= 4 is 87.2 Å². The second-order valence-electron chi connectivity index (χ2n) is 17.5. The molecular weight excluding hydrogens is 829 g/mol. The minimum atomic E-state index is 0.515. The average Bonchev–Trinajstić information content (AvgIpc) is 4.13. The number of aromatic nitrogens is 4. The summed E-state index contributed by atoms with van der Waals surface area (Å²) in [5.74, 6) is 0. The summed E-state index contributed by atoms with van der Waals surface area (Å²) >= 11 is 0. The van der Waals surface area contributed by atoms with Crippen molar-refractivity contribution in [1.82, 2.24) is 18.3 Å². The molecule has 0 saturated heterocycles. The number of rotatable bonds is 5. The summed E-state index contributed by atoms with van der Waals surface area (Å²) in [5, 5.41) is 31.4. The topological polar surface area (TPSA) is 67.3 Å². The van der Waals surface area contributed by atoms with Gasteiger partial charge in [-0.2, -0.15) is 10.5 Å². The van der Waals surface area contributed by atoms with Crippen LogP contribution in [-0.4, -0.2) is 18.3 Å². The van der Waals surface area contributed by atoms with Gasteiger partial charge in [0.1, 0.15) is 11.6 Å². The molecular formula is C62H36N6. The van der Waals surface area contributed by atoms with Gasteiger partial charge in [-0.05, 0) is 90.0 Å². The van der Waals surface area contributed by atoms with Gasteiger partial charge in [0.05, 0.1) is 67.1 Å². The lowest BCUT2D eigenvalue weighted by atomic mass is 9.96. The monoisotopic (exact) mass is 864 g/mol. The standard InChI is InChI=1S/C62H36N6/c63-37-39-17-7-8-22-43(39)40-35-57(67-51-27-13-9-23-44(51)46-31-33-55-59(61(46)67)48-25-11-15-29-53(48)65(55)41-18-3-1-4-19-41)50(38-64)58(36-40)68-52-28-14-10-24-45(52)47-32-34-56-60(62(47)68)49-26-12-16-30-54(49)66(56)42-20-5-2-6-21-42/h1-36H. The molecule has 68 heavy (non-hydrogen) atoms. The third-order valence-corrected chi connectivity index (χ3v) is 14.0. The lowest BCUT2D eigenvalue weighted by Gasteiger charge is -2.19. The van der Waals surface area contributed by atoms with Crippen LogP contribution in [0.2, 0.25) is 0 Å². The van der Waals surface area contributed by atoms with E-state index in [1.165, 1.54) is 0 Å². The number of hydrogen-bond donors (Lipinski definition) is 0. The van der Waals surface area contributed by atoms with E-state index in [1.807, 2.05) is 24.3 Å². The van der Waals surface area contributed by atoms with Crippen molar-refractivity contribution in [3.63, 3.8) is 0 Å². The van der Waals surface area contributed by atoms with Crippen molar-refractivity contribution in [3.8, 4) is 46.0 Å². The normalized spacial score (nSPS) is 11.8. The summed E-state index contributed by atoms with van der Waals surface area (Å²) < 4.78 is 9.33. The van der Waals surface area contributed by atoms with Crippen LogP contribution in [0.1, 0.15) is 11.1 Å². The van der Waals surface area contributed by atoms with Gasteiger partial charge in [0.15, 0.2) is 0 Å². The molecule has 0 radical (unpaired) electrons. The van der Waals surface area contributed by atoms with Crippen molar-refractivity contribution in [2.24, 2.45) is 0 Å². The molecule has 10 aromatic carbocycles. The SMILES string of the molecule is N#Cc1ccccc1-c1cc(-n2c3ccccc3c3ccc4c(c5ccccc5n4-c4ccccc4)c32)c(C#N)c(-n2c3ccccc3c3ccc4c(c5ccccc5n4-c4ccccc4)c32)c1. The van der Waals surface area contributed by atoms with Crippen LogP contribution in [0.25, 0.3) is 121 Å². The molecule has 0 aliphatic rings. The third kappa shape index (κ3) is 5.14. The maximum absolute atomic E-state index is 12.0. The van der Waals surface area contributed by atoms with Gasteiger partial charge in [-0.1, -0.05) is 140 Å². The van der Waals surface area contributed by atoms with E-state index >= 15 is 0 Å². The van der Waals surface area contributed by atoms with Gasteiger partial charge in [0.25, 0.3) is 0 Å². The van der Waals surface area contributed by atoms with Crippen molar-refractivity contribution in [2.45, 2.75) is 0 Å². The number of nitriles is 2. The largest absolute Gasteiger partial charge is 0.309 e. The van der Waals surface area contributed by atoms with Gasteiger partial charge >= 0.3 is 0 Å². The van der Waals surface area contributed by atoms with E-state index in [1.54, 1.807) is 0 Å². The highest BCUT2D eigenvalue weighted by Gasteiger charge is 2.27. The molecule has 0 amide bonds. The summed E-state index contributed by atoms with van der Waals surface area (Å²) in [5.41, 5.74) is 14.6. The van der Waals surface area contributed by atoms with Gasteiger partial charge in [0.2, 0.25) is 0 Å². The third-order valence-electron chi connectivity index (χ3n) is 14.0. The quantitative estimate of drug-likeness (QED) is 0.173. The van der Waals surface area contributed by atoms with Gasteiger partial charge in [0, 0.05) is 54.5 Å². The first-order valence-electron chi connectivity index (χ1n) is 22.8. The Morgan fingerprint density at radius 2 is 0.706 bits per heavy atom. The minimum Gasteiger partial charge on any atom is -0.309 e. The summed E-state index contributed by atoms with van der Waals surface area (Å²) in [4.78, 5) is 0. The fourth-order valence-corrected chi connectivity index (χ4v) is 11.3. The lowest BCUT2D eigenvalue weighted by Crippen LogP contribution is -2.06. The molecule has 0 atom stereocenters. The predicted octanol–water partition coefficient (Wildman–Crippen LogP) is 15.5. The molecule has 0 fully saturated rings. The van der Waals surface area contributed by atoms with E-state index in [0.717, 1.165) is 121 Å². The molecule has 0 aliphatic carbocycles. The molecule has 0 unspecified atom stereocenters. The first-order valence-corrected chi connectivity index (χ1v) is 22.8. The van der Waals surface area contributed by atoms with E-state index < -0.39 is 0 Å². The zero-order valence-electron chi connectivity index (χ0n) is 36.5. The number of nitrogens with zero attached hydrogens (tertiary/aromatic N) is 6. The lowest BCUT2D eigenvalue weighted by molar-refractivity contribution is 1.12. The summed E-state index contributed by atoms with van der Waals surface area (Å²) in [6.45, 7) is 0. The van der Waals surface area contributed by atoms with Crippen molar-refractivity contribution in [3.05, 3.63) is 230 Å². The van der Waals surface area contributed by atoms with Gasteiger partial charge in [-0.3, -0.25) is 0 Å². The van der Waals surface area contributed by atoms with E-state index in [0.29, 0.717) is 11.1 Å². The van der Waals surface area contributed by atoms with Gasteiger partial charge < -0.3 is 18.3 Å². The van der Waals surface area contributed by atoms with Crippen molar-refractivity contribution < 1.29 is 0 Å². The second kappa shape index (κ2) is 14.4. The van der Waals surface area contributed by atoms with Crippen LogP contribution < -0.4 is 0 Å². The Balaban J connectivity index is 1.20. The molecule has 0 N–H and O–H groups in total. The first kappa shape index (κ1) is 37.7. The van der Waals surface area contributed by atoms with E-state index in [9.17, 15) is 10.5 Å². The zero-order valence-corrected chi connectivity index (χ0v) is 36.5. The Hall–Kier alpha value is -9.62. The molecule has 14 aromatic rings. The zero-order chi connectivity index (χ0) is 45.0. The molecule has 6 heteroatoms. The van der Waals surface area contributed by atoms with Crippen LogP contribution in [0, 0.1) is 22.7 Å². The minimum absolute atomic E-state index is 0.515. The molecule has 314 valence electrons. The molecule has 0 aliphatic heterocycles. The van der Waals surface area contributed by atoms with Crippen molar-refractivity contribution in [1.29, 1.82) is 10.5 Å². The molecule has 6 nitrogen and oxygen atoms in total. The molecule has 0 bridgehead atoms. The highest BCUT2D eigenvalue weighted by Crippen LogP contribution is 2.47. The number of hydrogen-bond acceptors (Lipinski definition) is 2. The smallest absolute Gasteiger partial charge is 0.104 e. The fourth-order valence-electron chi connectivity index (χ4n) is 11.3. The van der Waals surface area contributed by atoms with Crippen LogP contribution in [0.5, 0.6) is 0 Å². The second-order valence-corrected chi connectivity index (χ2v) is 17.5. The fraction of sp³-hybridized carbons (Fsp3) is 0. The molecule has 4 heterocycles. The van der Waals surface area contributed by atoms with Gasteiger partial charge in [-0.15, -0.1) is 0 Å².